The van der Waals surface area contributed by atoms with Crippen molar-refractivity contribution in [3.8, 4) is 0 Å². The first kappa shape index (κ1) is 14.7. The van der Waals surface area contributed by atoms with E-state index in [1.54, 1.807) is 6.08 Å². The maximum atomic E-state index is 12.0. The largest absolute Gasteiger partial charge is 0.402 e. The highest BCUT2D eigenvalue weighted by molar-refractivity contribution is 9.10. The normalized spacial score (nSPS) is 15.9. The molecule has 0 saturated heterocycles. The number of esters is 1. The van der Waals surface area contributed by atoms with Crippen molar-refractivity contribution in [3.63, 3.8) is 0 Å². The standard InChI is InChI=1S/C18H14BrNO2/c1-11-6-7-12(2)14(8-11)10-16-18(21)22-17(20-16)13-4-3-5-15(19)9-13/h3-10H,1-2H3/b16-10+. The van der Waals surface area contributed by atoms with Crippen molar-refractivity contribution in [1.29, 1.82) is 0 Å². The minimum atomic E-state index is -0.420. The summed E-state index contributed by atoms with van der Waals surface area (Å²) in [6, 6.07) is 13.6. The van der Waals surface area contributed by atoms with Crippen molar-refractivity contribution in [2.45, 2.75) is 13.8 Å². The Labute approximate surface area is 137 Å². The molecule has 110 valence electrons. The van der Waals surface area contributed by atoms with Gasteiger partial charge in [0.25, 0.3) is 0 Å². The molecular weight excluding hydrogens is 342 g/mol. The average Bonchev–Trinajstić information content (AvgIpc) is 2.84. The fourth-order valence-corrected chi connectivity index (χ4v) is 2.62. The Bertz CT molecular complexity index is 822. The molecule has 0 bridgehead atoms. The van der Waals surface area contributed by atoms with Gasteiger partial charge in [0.15, 0.2) is 5.70 Å². The van der Waals surface area contributed by atoms with Gasteiger partial charge in [0.05, 0.1) is 0 Å². The highest BCUT2D eigenvalue weighted by Crippen LogP contribution is 2.22. The third kappa shape index (κ3) is 3.02. The summed E-state index contributed by atoms with van der Waals surface area (Å²) < 4.78 is 6.19. The number of ether oxygens (including phenoxy) is 1. The van der Waals surface area contributed by atoms with E-state index < -0.39 is 5.97 Å². The Hall–Kier alpha value is -2.20. The Balaban J connectivity index is 1.99. The van der Waals surface area contributed by atoms with Gasteiger partial charge in [-0.1, -0.05) is 45.8 Å². The van der Waals surface area contributed by atoms with Crippen molar-refractivity contribution >= 4 is 33.9 Å². The minimum absolute atomic E-state index is 0.323. The first-order chi connectivity index (χ1) is 10.5. The van der Waals surface area contributed by atoms with Crippen LogP contribution in [-0.2, 0) is 9.53 Å². The summed E-state index contributed by atoms with van der Waals surface area (Å²) in [5.41, 5.74) is 4.30. The topological polar surface area (TPSA) is 38.7 Å². The maximum Gasteiger partial charge on any atom is 0.363 e. The van der Waals surface area contributed by atoms with E-state index in [-0.39, 0.29) is 0 Å². The van der Waals surface area contributed by atoms with Crippen LogP contribution in [0.1, 0.15) is 22.3 Å². The second-order valence-electron chi connectivity index (χ2n) is 5.21. The van der Waals surface area contributed by atoms with E-state index in [1.165, 1.54) is 0 Å². The predicted octanol–water partition coefficient (Wildman–Crippen LogP) is 4.41. The highest BCUT2D eigenvalue weighted by atomic mass is 79.9. The van der Waals surface area contributed by atoms with E-state index in [0.717, 1.165) is 26.7 Å². The van der Waals surface area contributed by atoms with E-state index in [4.69, 9.17) is 4.74 Å². The molecule has 0 aliphatic carbocycles. The summed E-state index contributed by atoms with van der Waals surface area (Å²) in [6.45, 7) is 4.02. The van der Waals surface area contributed by atoms with Gasteiger partial charge >= 0.3 is 5.97 Å². The van der Waals surface area contributed by atoms with E-state index in [1.807, 2.05) is 56.3 Å². The number of carbonyl (C=O) groups is 1. The number of rotatable bonds is 2. The molecule has 3 rings (SSSR count). The third-order valence-electron chi connectivity index (χ3n) is 3.42. The van der Waals surface area contributed by atoms with Crippen LogP contribution in [0.25, 0.3) is 6.08 Å². The third-order valence-corrected chi connectivity index (χ3v) is 3.91. The van der Waals surface area contributed by atoms with Gasteiger partial charge in [-0.3, -0.25) is 0 Å². The molecule has 3 nitrogen and oxygen atoms in total. The van der Waals surface area contributed by atoms with Crippen molar-refractivity contribution in [2.24, 2.45) is 4.99 Å². The zero-order valence-corrected chi connectivity index (χ0v) is 13.8. The molecule has 0 radical (unpaired) electrons. The molecule has 1 aliphatic rings. The quantitative estimate of drug-likeness (QED) is 0.591. The molecule has 2 aromatic carbocycles. The van der Waals surface area contributed by atoms with Crippen molar-refractivity contribution in [1.82, 2.24) is 0 Å². The molecular formula is C18H14BrNO2. The molecule has 1 heterocycles. The Morgan fingerprint density at radius 3 is 2.73 bits per heavy atom. The lowest BCUT2D eigenvalue weighted by Crippen LogP contribution is -2.05. The number of nitrogens with zero attached hydrogens (tertiary/aromatic N) is 1. The molecule has 1 aliphatic heterocycles. The molecule has 0 aromatic heterocycles. The zero-order valence-electron chi connectivity index (χ0n) is 12.3. The van der Waals surface area contributed by atoms with Gasteiger partial charge in [0.1, 0.15) is 0 Å². The van der Waals surface area contributed by atoms with Crippen LogP contribution in [0.4, 0.5) is 0 Å². The number of hydrogen-bond acceptors (Lipinski definition) is 3. The first-order valence-electron chi connectivity index (χ1n) is 6.89. The lowest BCUT2D eigenvalue weighted by molar-refractivity contribution is -0.129. The van der Waals surface area contributed by atoms with Crippen LogP contribution in [0.15, 0.2) is 57.6 Å². The molecule has 0 atom stereocenters. The number of carbonyl (C=O) groups excluding carboxylic acids is 1. The summed E-state index contributed by atoms with van der Waals surface area (Å²) >= 11 is 3.40. The molecule has 0 spiro atoms. The summed E-state index contributed by atoms with van der Waals surface area (Å²) in [5.74, 6) is -0.0845. The van der Waals surface area contributed by atoms with Crippen LogP contribution in [0.3, 0.4) is 0 Å². The highest BCUT2D eigenvalue weighted by Gasteiger charge is 2.24. The summed E-state index contributed by atoms with van der Waals surface area (Å²) in [7, 11) is 0. The van der Waals surface area contributed by atoms with Crippen molar-refractivity contribution < 1.29 is 9.53 Å². The monoisotopic (exact) mass is 355 g/mol. The zero-order chi connectivity index (χ0) is 15.7. The van der Waals surface area contributed by atoms with E-state index >= 15 is 0 Å². The van der Waals surface area contributed by atoms with Crippen LogP contribution < -0.4 is 0 Å². The van der Waals surface area contributed by atoms with Crippen LogP contribution in [0.5, 0.6) is 0 Å². The van der Waals surface area contributed by atoms with Crippen molar-refractivity contribution in [3.05, 3.63) is 74.9 Å². The number of halogens is 1. The van der Waals surface area contributed by atoms with Gasteiger partial charge in [-0.2, -0.15) is 0 Å². The number of aryl methyl sites for hydroxylation is 2. The summed E-state index contributed by atoms with van der Waals surface area (Å²) in [5, 5.41) is 0. The van der Waals surface area contributed by atoms with Crippen molar-refractivity contribution in [2.75, 3.05) is 0 Å². The summed E-state index contributed by atoms with van der Waals surface area (Å²) in [4.78, 5) is 16.4. The summed E-state index contributed by atoms with van der Waals surface area (Å²) in [6.07, 6.45) is 1.77. The predicted molar refractivity (Wildman–Crippen MR) is 90.7 cm³/mol. The van der Waals surface area contributed by atoms with Gasteiger partial charge in [-0.25, -0.2) is 9.79 Å². The molecule has 0 amide bonds. The number of cyclic esters (lactones) is 1. The second-order valence-corrected chi connectivity index (χ2v) is 6.12. The SMILES string of the molecule is Cc1ccc(C)c(/C=C2/N=C(c3cccc(Br)c3)OC2=O)c1. The van der Waals surface area contributed by atoms with Gasteiger partial charge in [0, 0.05) is 10.0 Å². The molecule has 2 aromatic rings. The van der Waals surface area contributed by atoms with Gasteiger partial charge in [-0.05, 0) is 49.2 Å². The molecule has 0 fully saturated rings. The van der Waals surface area contributed by atoms with E-state index in [2.05, 4.69) is 20.9 Å². The van der Waals surface area contributed by atoms with Gasteiger partial charge < -0.3 is 4.74 Å². The van der Waals surface area contributed by atoms with Gasteiger partial charge in [-0.15, -0.1) is 0 Å². The van der Waals surface area contributed by atoms with Crippen LogP contribution in [0, 0.1) is 13.8 Å². The van der Waals surface area contributed by atoms with Crippen LogP contribution >= 0.6 is 15.9 Å². The van der Waals surface area contributed by atoms with E-state index in [9.17, 15) is 4.79 Å². The molecule has 0 unspecified atom stereocenters. The number of aliphatic imine (C=N–C) groups is 1. The minimum Gasteiger partial charge on any atom is -0.402 e. The second kappa shape index (κ2) is 5.89. The smallest absolute Gasteiger partial charge is 0.363 e. The number of benzene rings is 2. The molecule has 0 N–H and O–H groups in total. The maximum absolute atomic E-state index is 12.0. The molecule has 4 heteroatoms. The van der Waals surface area contributed by atoms with E-state index in [0.29, 0.717) is 11.6 Å². The lowest BCUT2D eigenvalue weighted by Gasteiger charge is -2.01. The Morgan fingerprint density at radius 1 is 1.14 bits per heavy atom. The Kier molecular flexibility index (Phi) is 3.94. The Morgan fingerprint density at radius 2 is 1.95 bits per heavy atom. The van der Waals surface area contributed by atoms with Crippen LogP contribution in [-0.4, -0.2) is 11.9 Å². The molecule has 0 saturated carbocycles. The first-order valence-corrected chi connectivity index (χ1v) is 7.68. The molecule has 22 heavy (non-hydrogen) atoms. The lowest BCUT2D eigenvalue weighted by atomic mass is 10.0. The van der Waals surface area contributed by atoms with Gasteiger partial charge in [0.2, 0.25) is 5.90 Å². The number of hydrogen-bond donors (Lipinski definition) is 0. The average molecular weight is 356 g/mol. The fraction of sp³-hybridized carbons (Fsp3) is 0.111. The fourth-order valence-electron chi connectivity index (χ4n) is 2.22. The van der Waals surface area contributed by atoms with Crippen LogP contribution in [0.2, 0.25) is 0 Å².